The number of aromatic amines is 1. The molecule has 0 fully saturated rings. The number of anilines is 1. The summed E-state index contributed by atoms with van der Waals surface area (Å²) in [5.41, 5.74) is 5.35. The van der Waals surface area contributed by atoms with Gasteiger partial charge >= 0.3 is 5.69 Å². The number of rotatable bonds is 0. The Hall–Kier alpha value is -1.85. The highest BCUT2D eigenvalue weighted by Gasteiger charge is 1.98. The van der Waals surface area contributed by atoms with Gasteiger partial charge in [0.1, 0.15) is 0 Å². The molecule has 2 aromatic heterocycles. The van der Waals surface area contributed by atoms with Gasteiger partial charge in [-0.25, -0.2) is 4.79 Å². The molecule has 0 saturated carbocycles. The summed E-state index contributed by atoms with van der Waals surface area (Å²) in [6.45, 7) is 0. The van der Waals surface area contributed by atoms with Crippen LogP contribution >= 0.6 is 0 Å². The van der Waals surface area contributed by atoms with Crippen molar-refractivity contribution in [1.82, 2.24) is 19.6 Å². The fraction of sp³-hybridized carbons (Fsp3) is 0. The predicted octanol–water partition coefficient (Wildman–Crippen LogP) is -1.00. The number of nitrogen functional groups attached to an aromatic ring is 1. The molecule has 0 atom stereocenters. The first-order valence-electron chi connectivity index (χ1n) is 2.97. The van der Waals surface area contributed by atoms with Gasteiger partial charge in [-0.05, 0) is 0 Å². The fourth-order valence-corrected chi connectivity index (χ4v) is 0.851. The smallest absolute Gasteiger partial charge is 0.350 e. The third kappa shape index (κ3) is 0.759. The van der Waals surface area contributed by atoms with Gasteiger partial charge in [0.05, 0.1) is 6.20 Å². The number of fused-ring (bicyclic) bond motifs is 1. The summed E-state index contributed by atoms with van der Waals surface area (Å²) in [7, 11) is 0. The first-order chi connectivity index (χ1) is 5.27. The number of aromatic nitrogens is 4. The van der Waals surface area contributed by atoms with Gasteiger partial charge in [-0.2, -0.15) is 14.6 Å². The maximum Gasteiger partial charge on any atom is 0.350 e. The number of nitrogens with two attached hydrogens (primary N) is 1. The molecule has 2 heterocycles. The Morgan fingerprint density at radius 3 is 3.27 bits per heavy atom. The third-order valence-corrected chi connectivity index (χ3v) is 1.29. The van der Waals surface area contributed by atoms with Gasteiger partial charge in [-0.3, -0.25) is 4.98 Å². The molecule has 0 amide bonds. The van der Waals surface area contributed by atoms with Gasteiger partial charge < -0.3 is 5.73 Å². The van der Waals surface area contributed by atoms with Crippen LogP contribution in [0.2, 0.25) is 0 Å². The van der Waals surface area contributed by atoms with Crippen LogP contribution in [0.15, 0.2) is 17.1 Å². The quantitative estimate of drug-likeness (QED) is 0.505. The maximum absolute atomic E-state index is 11.0. The molecule has 11 heavy (non-hydrogen) atoms. The first-order valence-corrected chi connectivity index (χ1v) is 2.97. The molecule has 6 nitrogen and oxygen atoms in total. The van der Waals surface area contributed by atoms with Crippen LogP contribution in [0.5, 0.6) is 0 Å². The Morgan fingerprint density at radius 2 is 2.45 bits per heavy atom. The third-order valence-electron chi connectivity index (χ3n) is 1.29. The number of nitrogens with zero attached hydrogens (tertiary/aromatic N) is 3. The van der Waals surface area contributed by atoms with Gasteiger partial charge in [0, 0.05) is 6.07 Å². The lowest BCUT2D eigenvalue weighted by molar-refractivity contribution is 0.847. The molecule has 0 saturated heterocycles. The highest BCUT2D eigenvalue weighted by molar-refractivity contribution is 5.38. The molecule has 6 heteroatoms. The van der Waals surface area contributed by atoms with Crippen molar-refractivity contribution in [3.05, 3.63) is 22.7 Å². The van der Waals surface area contributed by atoms with E-state index in [1.807, 2.05) is 0 Å². The van der Waals surface area contributed by atoms with Gasteiger partial charge in [0.2, 0.25) is 5.95 Å². The van der Waals surface area contributed by atoms with Crippen LogP contribution in [0.1, 0.15) is 0 Å². The molecule has 0 aliphatic rings. The summed E-state index contributed by atoms with van der Waals surface area (Å²) < 4.78 is 1.14. The van der Waals surface area contributed by atoms with E-state index in [1.165, 1.54) is 6.20 Å². The zero-order valence-corrected chi connectivity index (χ0v) is 5.48. The van der Waals surface area contributed by atoms with Crippen molar-refractivity contribution in [2.45, 2.75) is 0 Å². The molecule has 0 aliphatic heterocycles. The molecule has 0 bridgehead atoms. The largest absolute Gasteiger partial charge is 0.369 e. The van der Waals surface area contributed by atoms with Crippen LogP contribution in [0.4, 0.5) is 5.95 Å². The van der Waals surface area contributed by atoms with E-state index in [0.29, 0.717) is 5.65 Å². The molecule has 56 valence electrons. The molecule has 2 rings (SSSR count). The number of hydrogen-bond donors (Lipinski definition) is 2. The molecule has 0 unspecified atom stereocenters. The van der Waals surface area contributed by atoms with Crippen LogP contribution in [0, 0.1) is 0 Å². The lowest BCUT2D eigenvalue weighted by atomic mass is 10.7. The van der Waals surface area contributed by atoms with Gasteiger partial charge in [0.15, 0.2) is 5.65 Å². The normalized spacial score (nSPS) is 10.5. The second-order valence-corrected chi connectivity index (χ2v) is 2.03. The van der Waals surface area contributed by atoms with E-state index in [0.717, 1.165) is 4.52 Å². The van der Waals surface area contributed by atoms with Crippen molar-refractivity contribution in [2.24, 2.45) is 0 Å². The van der Waals surface area contributed by atoms with Crippen molar-refractivity contribution in [3.63, 3.8) is 0 Å². The minimum absolute atomic E-state index is 0.100. The maximum atomic E-state index is 11.0. The minimum atomic E-state index is -0.377. The topological polar surface area (TPSA) is 89.1 Å². The zero-order valence-electron chi connectivity index (χ0n) is 5.48. The molecule has 0 aromatic carbocycles. The van der Waals surface area contributed by atoms with E-state index >= 15 is 0 Å². The highest BCUT2D eigenvalue weighted by atomic mass is 16.1. The lowest BCUT2D eigenvalue weighted by Crippen LogP contribution is -2.19. The molecular weight excluding hydrogens is 146 g/mol. The van der Waals surface area contributed by atoms with Crippen molar-refractivity contribution in [1.29, 1.82) is 0 Å². The summed E-state index contributed by atoms with van der Waals surface area (Å²) >= 11 is 0. The average molecular weight is 151 g/mol. The van der Waals surface area contributed by atoms with E-state index in [-0.39, 0.29) is 11.6 Å². The van der Waals surface area contributed by atoms with Crippen molar-refractivity contribution >= 4 is 11.6 Å². The Bertz CT molecular complexity index is 441. The molecule has 0 spiro atoms. The van der Waals surface area contributed by atoms with Crippen LogP contribution < -0.4 is 11.4 Å². The molecular formula is C5H5N5O. The summed E-state index contributed by atoms with van der Waals surface area (Å²) in [5, 5.41) is 3.71. The Kier molecular flexibility index (Phi) is 0.974. The van der Waals surface area contributed by atoms with Crippen LogP contribution in [0.3, 0.4) is 0 Å². The Morgan fingerprint density at radius 1 is 1.64 bits per heavy atom. The molecule has 0 radical (unpaired) electrons. The van der Waals surface area contributed by atoms with E-state index in [9.17, 15) is 4.79 Å². The van der Waals surface area contributed by atoms with Gasteiger partial charge in [0.25, 0.3) is 0 Å². The Balaban J connectivity index is 3.02. The molecule has 3 N–H and O–H groups in total. The van der Waals surface area contributed by atoms with Crippen molar-refractivity contribution in [2.75, 3.05) is 5.73 Å². The summed E-state index contributed by atoms with van der Waals surface area (Å²) in [4.78, 5) is 17.1. The van der Waals surface area contributed by atoms with Crippen molar-refractivity contribution < 1.29 is 0 Å². The number of H-pyrrole nitrogens is 1. The lowest BCUT2D eigenvalue weighted by Gasteiger charge is -1.91. The fourth-order valence-electron chi connectivity index (χ4n) is 0.851. The zero-order chi connectivity index (χ0) is 7.84. The van der Waals surface area contributed by atoms with Gasteiger partial charge in [-0.1, -0.05) is 0 Å². The SMILES string of the molecule is Nc1nc2ccnn2c(=O)[nH]1. The average Bonchev–Trinajstić information content (AvgIpc) is 2.34. The van der Waals surface area contributed by atoms with E-state index in [4.69, 9.17) is 5.73 Å². The minimum Gasteiger partial charge on any atom is -0.369 e. The van der Waals surface area contributed by atoms with Gasteiger partial charge in [-0.15, -0.1) is 0 Å². The number of nitrogens with one attached hydrogen (secondary N) is 1. The second kappa shape index (κ2) is 1.82. The number of hydrogen-bond acceptors (Lipinski definition) is 4. The summed E-state index contributed by atoms with van der Waals surface area (Å²) in [6, 6.07) is 1.60. The summed E-state index contributed by atoms with van der Waals surface area (Å²) in [6.07, 6.45) is 1.48. The summed E-state index contributed by atoms with van der Waals surface area (Å²) in [5.74, 6) is 0.100. The van der Waals surface area contributed by atoms with Crippen LogP contribution in [0.25, 0.3) is 5.65 Å². The van der Waals surface area contributed by atoms with E-state index in [1.54, 1.807) is 6.07 Å². The van der Waals surface area contributed by atoms with Crippen LogP contribution in [-0.4, -0.2) is 19.6 Å². The first kappa shape index (κ1) is 5.90. The second-order valence-electron chi connectivity index (χ2n) is 2.03. The highest BCUT2D eigenvalue weighted by Crippen LogP contribution is 1.93. The standard InChI is InChI=1S/C5H5N5O/c6-4-8-3-1-2-7-10(3)5(11)9-4/h1-2H,(H3,6,8,9,11). The molecule has 0 aliphatic carbocycles. The molecule has 2 aromatic rings. The predicted molar refractivity (Wildman–Crippen MR) is 38.0 cm³/mol. The Labute approximate surface area is 60.7 Å². The monoisotopic (exact) mass is 151 g/mol. The van der Waals surface area contributed by atoms with E-state index < -0.39 is 0 Å². The van der Waals surface area contributed by atoms with E-state index in [2.05, 4.69) is 15.1 Å². The van der Waals surface area contributed by atoms with Crippen LogP contribution in [-0.2, 0) is 0 Å². The van der Waals surface area contributed by atoms with Crippen molar-refractivity contribution in [3.8, 4) is 0 Å².